The van der Waals surface area contributed by atoms with Crippen molar-refractivity contribution in [2.24, 2.45) is 21.7 Å². The molecular weight excluding hydrogens is 414 g/mol. The Balaban J connectivity index is 2.05. The van der Waals surface area contributed by atoms with Crippen LogP contribution in [-0.4, -0.2) is 31.8 Å². The van der Waals surface area contributed by atoms with Crippen molar-refractivity contribution in [3.8, 4) is 11.5 Å². The van der Waals surface area contributed by atoms with Crippen LogP contribution in [0.3, 0.4) is 0 Å². The van der Waals surface area contributed by atoms with Crippen LogP contribution in [0.2, 0.25) is 0 Å². The third-order valence-corrected chi connectivity index (χ3v) is 4.03. The highest BCUT2D eigenvalue weighted by molar-refractivity contribution is 9.10. The summed E-state index contributed by atoms with van der Waals surface area (Å²) in [4.78, 5) is 12.1. The minimum absolute atomic E-state index is 0.145. The molecule has 0 aliphatic rings. The molecule has 142 valence electrons. The molecule has 0 fully saturated rings. The van der Waals surface area contributed by atoms with Gasteiger partial charge in [0.2, 0.25) is 5.96 Å². The summed E-state index contributed by atoms with van der Waals surface area (Å²) in [6.45, 7) is 1.81. The molecule has 0 atom stereocenters. The first-order valence-corrected chi connectivity index (χ1v) is 8.67. The van der Waals surface area contributed by atoms with Gasteiger partial charge in [-0.1, -0.05) is 17.7 Å². The number of carbonyl (C=O) groups is 1. The van der Waals surface area contributed by atoms with E-state index in [4.69, 9.17) is 20.9 Å². The quantitative estimate of drug-likeness (QED) is 0.351. The second-order valence-electron chi connectivity index (χ2n) is 5.50. The number of nitrogens with two attached hydrogens (primary N) is 2. The number of guanidine groups is 1. The molecule has 2 aromatic rings. The lowest BCUT2D eigenvalue weighted by Crippen LogP contribution is -2.21. The van der Waals surface area contributed by atoms with E-state index in [-0.39, 0.29) is 18.5 Å². The van der Waals surface area contributed by atoms with Gasteiger partial charge in [0, 0.05) is 15.7 Å². The predicted octanol–water partition coefficient (Wildman–Crippen LogP) is 2.39. The number of aryl methyl sites for hydroxylation is 1. The number of benzene rings is 2. The van der Waals surface area contributed by atoms with E-state index in [2.05, 4.69) is 31.4 Å². The number of rotatable bonds is 7. The fourth-order valence-corrected chi connectivity index (χ4v) is 2.48. The molecule has 1 amide bonds. The Morgan fingerprint density at radius 3 is 2.56 bits per heavy atom. The van der Waals surface area contributed by atoms with Crippen molar-refractivity contribution >= 4 is 39.7 Å². The summed E-state index contributed by atoms with van der Waals surface area (Å²) >= 11 is 3.41. The molecule has 0 aliphatic carbocycles. The number of methoxy groups -OCH3 is 1. The zero-order valence-corrected chi connectivity index (χ0v) is 16.5. The van der Waals surface area contributed by atoms with E-state index in [1.54, 1.807) is 12.1 Å². The second-order valence-corrected chi connectivity index (χ2v) is 6.35. The number of carbonyl (C=O) groups excluding carboxylic acids is 1. The lowest BCUT2D eigenvalue weighted by Gasteiger charge is -2.12. The van der Waals surface area contributed by atoms with Crippen LogP contribution in [0.1, 0.15) is 11.1 Å². The van der Waals surface area contributed by atoms with E-state index in [1.807, 2.05) is 31.2 Å². The summed E-state index contributed by atoms with van der Waals surface area (Å²) in [5, 5.41) is 10.1. The molecule has 0 radical (unpaired) electrons. The molecule has 8 nitrogen and oxygen atoms in total. The molecule has 2 rings (SSSR count). The van der Waals surface area contributed by atoms with Crippen molar-refractivity contribution in [1.29, 1.82) is 0 Å². The third-order valence-electron chi connectivity index (χ3n) is 3.35. The van der Waals surface area contributed by atoms with Gasteiger partial charge in [-0.25, -0.2) is 0 Å². The molecule has 0 aromatic heterocycles. The second kappa shape index (κ2) is 9.58. The van der Waals surface area contributed by atoms with Gasteiger partial charge >= 0.3 is 0 Å². The molecule has 0 unspecified atom stereocenters. The summed E-state index contributed by atoms with van der Waals surface area (Å²) in [5.41, 5.74) is 12.9. The van der Waals surface area contributed by atoms with E-state index in [0.29, 0.717) is 27.2 Å². The molecular formula is C18H20BrN5O3. The SMILES string of the molecule is COc1cc(C=NN=C(N)N)c(Br)cc1OCC(=O)Nc1ccc(C)cc1. The van der Waals surface area contributed by atoms with Gasteiger partial charge in [0.1, 0.15) is 0 Å². The normalized spacial score (nSPS) is 10.5. The van der Waals surface area contributed by atoms with Gasteiger partial charge in [-0.2, -0.15) is 5.10 Å². The van der Waals surface area contributed by atoms with Gasteiger partial charge in [0.25, 0.3) is 5.91 Å². The first-order valence-electron chi connectivity index (χ1n) is 7.88. The Labute approximate surface area is 165 Å². The Kier molecular flexibility index (Phi) is 7.18. The largest absolute Gasteiger partial charge is 0.493 e. The van der Waals surface area contributed by atoms with Crippen LogP contribution in [0.5, 0.6) is 11.5 Å². The standard InChI is InChI=1S/C18H20BrN5O3/c1-11-3-5-13(6-4-11)23-17(25)10-27-16-8-14(19)12(7-15(16)26-2)9-22-24-18(20)21/h3-9H,10H2,1-2H3,(H,23,25)(H4,20,21,24). The van der Waals surface area contributed by atoms with Crippen LogP contribution in [0.25, 0.3) is 0 Å². The van der Waals surface area contributed by atoms with Crippen molar-refractivity contribution in [3.63, 3.8) is 0 Å². The van der Waals surface area contributed by atoms with Gasteiger partial charge in [-0.15, -0.1) is 5.10 Å². The number of halogens is 1. The summed E-state index contributed by atoms with van der Waals surface area (Å²) < 4.78 is 11.6. The maximum absolute atomic E-state index is 12.1. The van der Waals surface area contributed by atoms with Crippen molar-refractivity contribution in [3.05, 3.63) is 52.0 Å². The van der Waals surface area contributed by atoms with Crippen molar-refractivity contribution in [1.82, 2.24) is 0 Å². The van der Waals surface area contributed by atoms with Crippen LogP contribution in [0, 0.1) is 6.92 Å². The molecule has 0 aliphatic heterocycles. The van der Waals surface area contributed by atoms with Crippen molar-refractivity contribution < 1.29 is 14.3 Å². The van der Waals surface area contributed by atoms with Crippen LogP contribution in [0.15, 0.2) is 51.1 Å². The van der Waals surface area contributed by atoms with E-state index in [9.17, 15) is 4.79 Å². The van der Waals surface area contributed by atoms with Crippen LogP contribution in [0.4, 0.5) is 5.69 Å². The highest BCUT2D eigenvalue weighted by Crippen LogP contribution is 2.33. The number of hydrogen-bond donors (Lipinski definition) is 3. The summed E-state index contributed by atoms with van der Waals surface area (Å²) in [5.74, 6) is 0.416. The molecule has 27 heavy (non-hydrogen) atoms. The van der Waals surface area contributed by atoms with Crippen molar-refractivity contribution in [2.75, 3.05) is 19.0 Å². The monoisotopic (exact) mass is 433 g/mol. The number of amides is 1. The van der Waals surface area contributed by atoms with E-state index in [1.165, 1.54) is 13.3 Å². The third kappa shape index (κ3) is 6.30. The Morgan fingerprint density at radius 1 is 1.22 bits per heavy atom. The maximum atomic E-state index is 12.1. The minimum atomic E-state index is -0.282. The average molecular weight is 434 g/mol. The molecule has 0 bridgehead atoms. The number of nitrogens with zero attached hydrogens (tertiary/aromatic N) is 2. The fraction of sp³-hybridized carbons (Fsp3) is 0.167. The van der Waals surface area contributed by atoms with Crippen LogP contribution in [-0.2, 0) is 4.79 Å². The zero-order valence-electron chi connectivity index (χ0n) is 14.9. The van der Waals surface area contributed by atoms with Gasteiger partial charge in [0.15, 0.2) is 18.1 Å². The summed E-state index contributed by atoms with van der Waals surface area (Å²) in [6, 6.07) is 10.8. The topological polar surface area (TPSA) is 124 Å². The molecule has 9 heteroatoms. The predicted molar refractivity (Wildman–Crippen MR) is 109 cm³/mol. The molecule has 0 saturated heterocycles. The van der Waals surface area contributed by atoms with Gasteiger partial charge in [-0.3, -0.25) is 4.79 Å². The van der Waals surface area contributed by atoms with Gasteiger partial charge < -0.3 is 26.3 Å². The summed E-state index contributed by atoms with van der Waals surface area (Å²) in [7, 11) is 1.50. The molecule has 5 N–H and O–H groups in total. The van der Waals surface area contributed by atoms with Gasteiger partial charge in [-0.05, 0) is 47.1 Å². The number of ether oxygens (including phenoxy) is 2. The first kappa shape index (κ1) is 20.2. The average Bonchev–Trinajstić information content (AvgIpc) is 2.63. The highest BCUT2D eigenvalue weighted by Gasteiger charge is 2.11. The fourth-order valence-electron chi connectivity index (χ4n) is 2.06. The summed E-state index contributed by atoms with van der Waals surface area (Å²) in [6.07, 6.45) is 1.46. The number of nitrogens with one attached hydrogen (secondary N) is 1. The molecule has 0 saturated carbocycles. The smallest absolute Gasteiger partial charge is 0.262 e. The highest BCUT2D eigenvalue weighted by atomic mass is 79.9. The van der Waals surface area contributed by atoms with Crippen molar-refractivity contribution in [2.45, 2.75) is 6.92 Å². The molecule has 0 heterocycles. The Hall–Kier alpha value is -3.07. The lowest BCUT2D eigenvalue weighted by molar-refractivity contribution is -0.118. The molecule has 0 spiro atoms. The number of hydrogen-bond acceptors (Lipinski definition) is 5. The Bertz CT molecular complexity index is 862. The van der Waals surface area contributed by atoms with Gasteiger partial charge in [0.05, 0.1) is 13.3 Å². The lowest BCUT2D eigenvalue weighted by atomic mass is 10.2. The number of anilines is 1. The zero-order chi connectivity index (χ0) is 19.8. The van der Waals surface area contributed by atoms with E-state index < -0.39 is 0 Å². The first-order chi connectivity index (χ1) is 12.9. The minimum Gasteiger partial charge on any atom is -0.493 e. The maximum Gasteiger partial charge on any atom is 0.262 e. The van der Waals surface area contributed by atoms with E-state index in [0.717, 1.165) is 5.56 Å². The molecule has 2 aromatic carbocycles. The van der Waals surface area contributed by atoms with E-state index >= 15 is 0 Å². The Morgan fingerprint density at radius 2 is 1.93 bits per heavy atom. The van der Waals surface area contributed by atoms with Crippen LogP contribution < -0.4 is 26.3 Å². The van der Waals surface area contributed by atoms with Crippen LogP contribution >= 0.6 is 15.9 Å².